The minimum Gasteiger partial charge on any atom is -0.400 e. The number of piperazine rings is 1. The van der Waals surface area contributed by atoms with Crippen LogP contribution in [0, 0.1) is 5.92 Å². The van der Waals surface area contributed by atoms with Crippen molar-refractivity contribution in [3.05, 3.63) is 90.1 Å². The predicted octanol–water partition coefficient (Wildman–Crippen LogP) is 6.09. The standard InChI is InChI=1S/C38H45ClN4O3Si/c1-37(2,3)47(30-11-7-5-8-12-30,31-13-9-6-10-14-31)46-34-25-45-26-38(34,4)43-19-17-42(18-20-43)33-22-28-23-35(41-36(44)27-15-16-27)40-24-29(28)21-32(33)39/h5-14,21-24,27,34H,15-20,25-26H2,1-4H3,(H,40,41,44). The SMILES string of the molecule is CC1(N2CCN(c3cc4cc(NC(=O)C5CC5)ncc4cc3Cl)CC2)COCC1O[Si](c1ccccc1)(c1ccccc1)C(C)(C)C. The van der Waals surface area contributed by atoms with Crippen LogP contribution in [-0.2, 0) is 14.0 Å². The Morgan fingerprint density at radius 1 is 0.957 bits per heavy atom. The van der Waals surface area contributed by atoms with Crippen LogP contribution in [0.5, 0.6) is 0 Å². The average Bonchev–Trinajstić information content (AvgIpc) is 3.86. The summed E-state index contributed by atoms with van der Waals surface area (Å²) in [5.74, 6) is 0.781. The van der Waals surface area contributed by atoms with E-state index in [0.717, 1.165) is 55.5 Å². The summed E-state index contributed by atoms with van der Waals surface area (Å²) in [4.78, 5) is 21.7. The highest BCUT2D eigenvalue weighted by atomic mass is 35.5. The van der Waals surface area contributed by atoms with Crippen LogP contribution in [0.15, 0.2) is 85.1 Å². The van der Waals surface area contributed by atoms with Gasteiger partial charge >= 0.3 is 0 Å². The Bertz CT molecular complexity index is 1700. The summed E-state index contributed by atoms with van der Waals surface area (Å²) < 4.78 is 13.9. The van der Waals surface area contributed by atoms with Crippen LogP contribution in [0.1, 0.15) is 40.5 Å². The first-order valence-corrected chi connectivity index (χ1v) is 19.1. The van der Waals surface area contributed by atoms with E-state index in [9.17, 15) is 4.79 Å². The van der Waals surface area contributed by atoms with E-state index in [1.807, 2.05) is 12.1 Å². The van der Waals surface area contributed by atoms with Crippen molar-refractivity contribution in [1.82, 2.24) is 9.88 Å². The number of rotatable bonds is 8. The number of nitrogens with one attached hydrogen (secondary N) is 1. The molecule has 3 heterocycles. The van der Waals surface area contributed by atoms with Gasteiger partial charge in [0, 0.05) is 43.7 Å². The second-order valence-electron chi connectivity index (χ2n) is 14.6. The summed E-state index contributed by atoms with van der Waals surface area (Å²) in [6.07, 6.45) is 3.63. The third kappa shape index (κ3) is 6.11. The maximum atomic E-state index is 12.3. The molecule has 9 heteroatoms. The molecule has 7 rings (SSSR count). The lowest BCUT2D eigenvalue weighted by Crippen LogP contribution is -2.71. The number of aromatic nitrogens is 1. The molecule has 2 aliphatic heterocycles. The number of benzene rings is 3. The quantitative estimate of drug-likeness (QED) is 0.229. The van der Waals surface area contributed by atoms with Crippen LogP contribution < -0.4 is 20.6 Å². The number of carbonyl (C=O) groups excluding carboxylic acids is 1. The minimum atomic E-state index is -2.75. The van der Waals surface area contributed by atoms with Gasteiger partial charge in [0.05, 0.1) is 35.6 Å². The monoisotopic (exact) mass is 668 g/mol. The summed E-state index contributed by atoms with van der Waals surface area (Å²) in [7, 11) is -2.75. The second kappa shape index (κ2) is 12.6. The first kappa shape index (κ1) is 32.3. The molecule has 2 saturated heterocycles. The van der Waals surface area contributed by atoms with Crippen LogP contribution in [-0.4, -0.2) is 75.1 Å². The minimum absolute atomic E-state index is 0.0591. The lowest BCUT2D eigenvalue weighted by atomic mass is 9.95. The van der Waals surface area contributed by atoms with Crippen molar-refractivity contribution < 1.29 is 14.0 Å². The number of hydrogen-bond acceptors (Lipinski definition) is 6. The van der Waals surface area contributed by atoms with Crippen LogP contribution in [0.4, 0.5) is 11.5 Å². The first-order valence-electron chi connectivity index (χ1n) is 16.9. The van der Waals surface area contributed by atoms with E-state index in [0.29, 0.717) is 24.1 Å². The number of halogens is 1. The number of pyridine rings is 1. The molecule has 0 spiro atoms. The Labute approximate surface area is 284 Å². The van der Waals surface area contributed by atoms with E-state index in [-0.39, 0.29) is 28.5 Å². The van der Waals surface area contributed by atoms with Gasteiger partial charge in [-0.25, -0.2) is 4.98 Å². The summed E-state index contributed by atoms with van der Waals surface area (Å²) >= 11 is 6.87. The van der Waals surface area contributed by atoms with E-state index in [1.54, 1.807) is 6.20 Å². The number of fused-ring (bicyclic) bond motifs is 1. The van der Waals surface area contributed by atoms with Gasteiger partial charge in [0.1, 0.15) is 5.82 Å². The number of amides is 1. The predicted molar refractivity (Wildman–Crippen MR) is 194 cm³/mol. The Hall–Kier alpha value is -3.27. The molecule has 3 aliphatic rings. The second-order valence-corrected chi connectivity index (χ2v) is 19.3. The van der Waals surface area contributed by atoms with E-state index in [1.165, 1.54) is 10.4 Å². The van der Waals surface area contributed by atoms with Gasteiger partial charge in [-0.1, -0.05) is 93.0 Å². The Morgan fingerprint density at radius 3 is 2.19 bits per heavy atom. The summed E-state index contributed by atoms with van der Waals surface area (Å²) in [6.45, 7) is 13.9. The Morgan fingerprint density at radius 2 is 1.60 bits per heavy atom. The molecule has 1 saturated carbocycles. The first-order chi connectivity index (χ1) is 22.6. The zero-order chi connectivity index (χ0) is 32.8. The fraction of sp³-hybridized carbons (Fsp3) is 0.421. The molecule has 1 aromatic heterocycles. The average molecular weight is 669 g/mol. The molecule has 2 unspecified atom stereocenters. The van der Waals surface area contributed by atoms with E-state index >= 15 is 0 Å². The molecule has 0 bridgehead atoms. The van der Waals surface area contributed by atoms with E-state index < -0.39 is 8.32 Å². The number of anilines is 2. The fourth-order valence-corrected chi connectivity index (χ4v) is 12.6. The molecule has 1 N–H and O–H groups in total. The molecular weight excluding hydrogens is 624 g/mol. The summed E-state index contributed by atoms with van der Waals surface area (Å²) in [5, 5.41) is 8.13. The van der Waals surface area contributed by atoms with Gasteiger partial charge in [0.25, 0.3) is 8.32 Å². The van der Waals surface area contributed by atoms with Crippen molar-refractivity contribution in [1.29, 1.82) is 0 Å². The number of hydrogen-bond donors (Lipinski definition) is 1. The fourth-order valence-electron chi connectivity index (χ4n) is 7.50. The number of nitrogens with zero attached hydrogens (tertiary/aromatic N) is 3. The highest BCUT2D eigenvalue weighted by Gasteiger charge is 2.56. The summed E-state index contributed by atoms with van der Waals surface area (Å²) in [5.41, 5.74) is 0.740. The van der Waals surface area contributed by atoms with Crippen molar-refractivity contribution in [2.45, 2.75) is 57.2 Å². The van der Waals surface area contributed by atoms with Crippen molar-refractivity contribution in [3.63, 3.8) is 0 Å². The van der Waals surface area contributed by atoms with Gasteiger partial charge < -0.3 is 19.4 Å². The number of carbonyl (C=O) groups is 1. The third-order valence-electron chi connectivity index (χ3n) is 10.4. The van der Waals surface area contributed by atoms with Crippen molar-refractivity contribution in [2.24, 2.45) is 5.92 Å². The van der Waals surface area contributed by atoms with E-state index in [4.69, 9.17) is 20.8 Å². The third-order valence-corrected chi connectivity index (χ3v) is 15.8. The largest absolute Gasteiger partial charge is 0.400 e. The highest BCUT2D eigenvalue weighted by Crippen LogP contribution is 2.41. The molecule has 47 heavy (non-hydrogen) atoms. The Kier molecular flexibility index (Phi) is 8.68. The van der Waals surface area contributed by atoms with Crippen LogP contribution in [0.2, 0.25) is 10.1 Å². The molecule has 3 fully saturated rings. The smallest absolute Gasteiger partial charge is 0.261 e. The van der Waals surface area contributed by atoms with E-state index in [2.05, 4.69) is 115 Å². The molecule has 1 amide bonds. The van der Waals surface area contributed by atoms with Gasteiger partial charge in [-0.15, -0.1) is 0 Å². The zero-order valence-corrected chi connectivity index (χ0v) is 29.6. The molecule has 246 valence electrons. The normalized spacial score (nSPS) is 22.5. The molecular formula is C38H45ClN4O3Si. The molecule has 4 aromatic rings. The molecule has 7 nitrogen and oxygen atoms in total. The molecule has 0 radical (unpaired) electrons. The number of ether oxygens (including phenoxy) is 1. The van der Waals surface area contributed by atoms with Gasteiger partial charge in [-0.3, -0.25) is 9.69 Å². The maximum absolute atomic E-state index is 12.3. The molecule has 2 atom stereocenters. The topological polar surface area (TPSA) is 66.9 Å². The zero-order valence-electron chi connectivity index (χ0n) is 27.8. The van der Waals surface area contributed by atoms with Crippen molar-refractivity contribution >= 4 is 58.5 Å². The lowest BCUT2D eigenvalue weighted by Gasteiger charge is -2.50. The Balaban J connectivity index is 1.12. The maximum Gasteiger partial charge on any atom is 0.261 e. The van der Waals surface area contributed by atoms with Crippen LogP contribution >= 0.6 is 11.6 Å². The van der Waals surface area contributed by atoms with Crippen LogP contribution in [0.3, 0.4) is 0 Å². The lowest BCUT2D eigenvalue weighted by molar-refractivity contribution is -0.117. The highest BCUT2D eigenvalue weighted by molar-refractivity contribution is 6.99. The molecule has 3 aromatic carbocycles. The van der Waals surface area contributed by atoms with Gasteiger partial charge in [0.2, 0.25) is 5.91 Å². The van der Waals surface area contributed by atoms with Crippen LogP contribution in [0.25, 0.3) is 10.8 Å². The van der Waals surface area contributed by atoms with Crippen molar-refractivity contribution in [2.75, 3.05) is 49.6 Å². The van der Waals surface area contributed by atoms with Gasteiger partial charge in [-0.05, 0) is 58.8 Å². The molecule has 1 aliphatic carbocycles. The van der Waals surface area contributed by atoms with Crippen molar-refractivity contribution in [3.8, 4) is 0 Å². The van der Waals surface area contributed by atoms with Gasteiger partial charge in [0.15, 0.2) is 0 Å². The summed E-state index contributed by atoms with van der Waals surface area (Å²) in [6, 6.07) is 27.8. The van der Waals surface area contributed by atoms with Gasteiger partial charge in [-0.2, -0.15) is 0 Å².